The van der Waals surface area contributed by atoms with E-state index in [1.54, 1.807) is 0 Å². The van der Waals surface area contributed by atoms with Crippen LogP contribution in [-0.2, 0) is 28.6 Å². The van der Waals surface area contributed by atoms with E-state index in [0.717, 1.165) is 89.9 Å². The number of unbranched alkanes of at least 4 members (excludes halogenated alkanes) is 10. The van der Waals surface area contributed by atoms with Crippen LogP contribution in [0.3, 0.4) is 0 Å². The van der Waals surface area contributed by atoms with Crippen molar-refractivity contribution in [1.82, 2.24) is 0 Å². The van der Waals surface area contributed by atoms with Crippen molar-refractivity contribution in [2.75, 3.05) is 41.0 Å². The van der Waals surface area contributed by atoms with Gasteiger partial charge in [-0.05, 0) is 77.0 Å². The summed E-state index contributed by atoms with van der Waals surface area (Å²) in [5.41, 5.74) is 0. The van der Waals surface area contributed by atoms with E-state index >= 15 is 0 Å². The third kappa shape index (κ3) is 39.5. The molecule has 8 heteroatoms. The summed E-state index contributed by atoms with van der Waals surface area (Å²) in [6.45, 7) is 4.40. The van der Waals surface area contributed by atoms with Gasteiger partial charge in [-0.2, -0.15) is 0 Å². The molecule has 338 valence electrons. The largest absolute Gasteiger partial charge is 0.477 e. The molecule has 0 heterocycles. The molecule has 1 N–H and O–H groups in total. The number of likely N-dealkylation sites (N-methyl/N-ethyl adjacent to an activating group) is 1. The highest BCUT2D eigenvalue weighted by molar-refractivity contribution is 5.72. The number of nitrogens with zero attached hydrogens (tertiary/aromatic N) is 1. The quantitative estimate of drug-likeness (QED) is 0.0216. The summed E-state index contributed by atoms with van der Waals surface area (Å²) < 4.78 is 17.2. The van der Waals surface area contributed by atoms with Crippen LogP contribution in [0.15, 0.2) is 109 Å². The van der Waals surface area contributed by atoms with Crippen molar-refractivity contribution in [3.8, 4) is 0 Å². The van der Waals surface area contributed by atoms with Crippen LogP contribution >= 0.6 is 0 Å². The zero-order valence-corrected chi connectivity index (χ0v) is 38.4. The molecule has 0 aromatic carbocycles. The van der Waals surface area contributed by atoms with Crippen LogP contribution in [0.5, 0.6) is 0 Å². The number of hydrogen-bond acceptors (Lipinski definition) is 6. The maximum absolute atomic E-state index is 12.7. The number of hydrogen-bond donors (Lipinski definition) is 1. The Kier molecular flexibility index (Phi) is 38.9. The van der Waals surface area contributed by atoms with Gasteiger partial charge >= 0.3 is 17.9 Å². The molecule has 0 aromatic rings. The van der Waals surface area contributed by atoms with Crippen molar-refractivity contribution in [3.63, 3.8) is 0 Å². The average Bonchev–Trinajstić information content (AvgIpc) is 3.21. The molecule has 0 radical (unpaired) electrons. The molecule has 0 aliphatic rings. The lowest BCUT2D eigenvalue weighted by atomic mass is 10.1. The van der Waals surface area contributed by atoms with Crippen LogP contribution in [0.25, 0.3) is 0 Å². The summed E-state index contributed by atoms with van der Waals surface area (Å²) in [7, 11) is 5.49. The van der Waals surface area contributed by atoms with Gasteiger partial charge in [-0.25, -0.2) is 4.79 Å². The Balaban J connectivity index is 4.35. The lowest BCUT2D eigenvalue weighted by molar-refractivity contribution is -0.887. The second-order valence-corrected chi connectivity index (χ2v) is 16.0. The Labute approximate surface area is 366 Å². The molecular formula is C52H84NO7+. The highest BCUT2D eigenvalue weighted by Gasteiger charge is 2.31. The van der Waals surface area contributed by atoms with Crippen molar-refractivity contribution >= 4 is 17.9 Å². The van der Waals surface area contributed by atoms with Crippen LogP contribution in [0.1, 0.15) is 149 Å². The minimum atomic E-state index is -0.889. The van der Waals surface area contributed by atoms with Crippen molar-refractivity contribution in [2.45, 2.75) is 161 Å². The van der Waals surface area contributed by atoms with E-state index < -0.39 is 18.1 Å². The van der Waals surface area contributed by atoms with E-state index in [1.165, 1.54) is 19.3 Å². The molecule has 2 atom stereocenters. The second kappa shape index (κ2) is 41.7. The van der Waals surface area contributed by atoms with Crippen LogP contribution in [-0.4, -0.2) is 80.6 Å². The summed E-state index contributed by atoms with van der Waals surface area (Å²) in [6, 6.07) is -0.630. The maximum Gasteiger partial charge on any atom is 0.362 e. The Hall–Kier alpha value is -4.01. The molecule has 0 amide bonds. The van der Waals surface area contributed by atoms with Crippen molar-refractivity contribution in [3.05, 3.63) is 109 Å². The number of carboxylic acid groups (broad SMARTS) is 1. The first kappa shape index (κ1) is 56.0. The molecule has 0 aliphatic heterocycles. The number of carbonyl (C=O) groups excluding carboxylic acids is 2. The molecule has 0 saturated heterocycles. The average molecular weight is 835 g/mol. The predicted octanol–water partition coefficient (Wildman–Crippen LogP) is 12.9. The number of allylic oxidation sites excluding steroid dienone is 18. The summed E-state index contributed by atoms with van der Waals surface area (Å²) in [5, 5.41) is 9.62. The van der Waals surface area contributed by atoms with Gasteiger partial charge in [0.2, 0.25) is 0 Å². The first-order valence-electron chi connectivity index (χ1n) is 23.0. The topological polar surface area (TPSA) is 99.1 Å². The highest BCUT2D eigenvalue weighted by Crippen LogP contribution is 2.13. The SMILES string of the molecule is CC/C=C/C=C/C=C/C=C/CCCCCC(=O)OC(COCCC(C(=O)O)[N+](C)(C)C)COC(=O)CCCCCCCCC/C=C/C/C=C/C/C=C/C/C=C/C/C=C/CC. The lowest BCUT2D eigenvalue weighted by Crippen LogP contribution is -2.50. The molecule has 0 bridgehead atoms. The summed E-state index contributed by atoms with van der Waals surface area (Å²) >= 11 is 0. The van der Waals surface area contributed by atoms with Gasteiger partial charge < -0.3 is 23.8 Å². The molecular weight excluding hydrogens is 751 g/mol. The van der Waals surface area contributed by atoms with Crippen LogP contribution < -0.4 is 0 Å². The fourth-order valence-corrected chi connectivity index (χ4v) is 6.01. The van der Waals surface area contributed by atoms with Gasteiger partial charge in [0.15, 0.2) is 12.1 Å². The monoisotopic (exact) mass is 835 g/mol. The van der Waals surface area contributed by atoms with Crippen LogP contribution in [0, 0.1) is 0 Å². The zero-order chi connectivity index (χ0) is 44.2. The number of esters is 2. The van der Waals surface area contributed by atoms with E-state index in [2.05, 4.69) is 86.8 Å². The fourth-order valence-electron chi connectivity index (χ4n) is 6.01. The van der Waals surface area contributed by atoms with Gasteiger partial charge in [-0.15, -0.1) is 0 Å². The standard InChI is InChI=1S/C52H83NO7/c1-6-8-10-12-14-16-18-20-21-22-23-24-25-26-27-28-29-31-32-34-36-38-40-42-50(54)59-47-48(46-58-45-44-49(52(56)57)53(3,4)5)60-51(55)43-41-39-37-35-33-30-19-17-15-13-11-9-7-2/h8-11,13-17,19-21,23-24,26-27,30,33,48-49H,6-7,12,18,22,25,28-29,31-32,34-47H2,1-5H3/p+1/b10-8+,11-9+,15-13+,16-14+,19-17+,21-20+,24-23+,27-26+,33-30+. The molecule has 2 unspecified atom stereocenters. The Morgan fingerprint density at radius 3 is 1.52 bits per heavy atom. The van der Waals surface area contributed by atoms with Crippen molar-refractivity contribution in [2.24, 2.45) is 0 Å². The van der Waals surface area contributed by atoms with Gasteiger partial charge in [-0.1, -0.05) is 162 Å². The third-order valence-corrected chi connectivity index (χ3v) is 9.51. The van der Waals surface area contributed by atoms with Crippen LogP contribution in [0.2, 0.25) is 0 Å². The molecule has 0 saturated carbocycles. The van der Waals surface area contributed by atoms with Crippen molar-refractivity contribution < 1.29 is 38.2 Å². The fraction of sp³-hybridized carbons (Fsp3) is 0.596. The minimum absolute atomic E-state index is 0.0337. The highest BCUT2D eigenvalue weighted by atomic mass is 16.6. The smallest absolute Gasteiger partial charge is 0.362 e. The number of aliphatic carboxylic acids is 1. The maximum atomic E-state index is 12.7. The molecule has 0 rings (SSSR count). The van der Waals surface area contributed by atoms with Gasteiger partial charge in [-0.3, -0.25) is 9.59 Å². The molecule has 0 spiro atoms. The number of rotatable bonds is 39. The molecule has 0 fully saturated rings. The normalized spacial score (nSPS) is 13.9. The summed E-state index contributed by atoms with van der Waals surface area (Å²) in [4.78, 5) is 37.0. The first-order chi connectivity index (χ1) is 29.1. The van der Waals surface area contributed by atoms with Crippen LogP contribution in [0.4, 0.5) is 0 Å². The molecule has 0 aliphatic carbocycles. The van der Waals surface area contributed by atoms with Crippen molar-refractivity contribution in [1.29, 1.82) is 0 Å². The van der Waals surface area contributed by atoms with E-state index in [9.17, 15) is 19.5 Å². The van der Waals surface area contributed by atoms with E-state index in [1.807, 2.05) is 57.6 Å². The summed E-state index contributed by atoms with van der Waals surface area (Å²) in [5.74, 6) is -1.55. The molecule has 0 aromatic heterocycles. The summed E-state index contributed by atoms with van der Waals surface area (Å²) in [6.07, 6.45) is 57.1. The molecule has 8 nitrogen and oxygen atoms in total. The number of carboxylic acids is 1. The van der Waals surface area contributed by atoms with Gasteiger partial charge in [0.25, 0.3) is 0 Å². The number of quaternary nitrogens is 1. The lowest BCUT2D eigenvalue weighted by Gasteiger charge is -2.31. The molecule has 60 heavy (non-hydrogen) atoms. The third-order valence-electron chi connectivity index (χ3n) is 9.51. The van der Waals surface area contributed by atoms with E-state index in [0.29, 0.717) is 19.3 Å². The Morgan fingerprint density at radius 1 is 0.517 bits per heavy atom. The Bertz CT molecular complexity index is 1340. The number of carbonyl (C=O) groups is 3. The van der Waals surface area contributed by atoms with Gasteiger partial charge in [0, 0.05) is 19.3 Å². The second-order valence-electron chi connectivity index (χ2n) is 16.0. The van der Waals surface area contributed by atoms with E-state index in [-0.39, 0.29) is 42.7 Å². The zero-order valence-electron chi connectivity index (χ0n) is 38.4. The minimum Gasteiger partial charge on any atom is -0.477 e. The van der Waals surface area contributed by atoms with E-state index in [4.69, 9.17) is 14.2 Å². The predicted molar refractivity (Wildman–Crippen MR) is 252 cm³/mol. The first-order valence-corrected chi connectivity index (χ1v) is 23.0. The van der Waals surface area contributed by atoms with Gasteiger partial charge in [0.1, 0.15) is 6.61 Å². The van der Waals surface area contributed by atoms with Gasteiger partial charge in [0.05, 0.1) is 34.4 Å². The Morgan fingerprint density at radius 2 is 0.967 bits per heavy atom. The number of ether oxygens (including phenoxy) is 3.